The van der Waals surface area contributed by atoms with Crippen molar-refractivity contribution in [2.24, 2.45) is 0 Å². The number of anilines is 4. The molecule has 0 spiro atoms. The Balaban J connectivity index is 1.24. The number of nitrogens with zero attached hydrogens (tertiary/aromatic N) is 3. The van der Waals surface area contributed by atoms with E-state index in [0.29, 0.717) is 17.1 Å². The second-order valence-electron chi connectivity index (χ2n) is 8.91. The van der Waals surface area contributed by atoms with E-state index in [0.717, 1.165) is 29.5 Å². The number of benzene rings is 2. The summed E-state index contributed by atoms with van der Waals surface area (Å²) in [6.45, 7) is 0. The van der Waals surface area contributed by atoms with Gasteiger partial charge in [0.2, 0.25) is 0 Å². The highest BCUT2D eigenvalue weighted by Gasteiger charge is 2.48. The smallest absolute Gasteiger partial charge is 0.189 e. The van der Waals surface area contributed by atoms with Gasteiger partial charge in [-0.05, 0) is 56.6 Å². The predicted octanol–water partition coefficient (Wildman–Crippen LogP) is 5.70. The molecule has 0 atom stereocenters. The molecule has 0 amide bonds. The lowest BCUT2D eigenvalue weighted by Crippen LogP contribution is -2.59. The third-order valence-corrected chi connectivity index (χ3v) is 6.47. The quantitative estimate of drug-likeness (QED) is 0.318. The molecule has 0 bridgehead atoms. The van der Waals surface area contributed by atoms with Gasteiger partial charge in [-0.2, -0.15) is 0 Å². The van der Waals surface area contributed by atoms with Crippen LogP contribution in [0.15, 0.2) is 73.1 Å². The second kappa shape index (κ2) is 9.48. The Hall–Kier alpha value is -3.75. The zero-order chi connectivity index (χ0) is 24.4. The normalized spacial score (nSPS) is 19.4. The van der Waals surface area contributed by atoms with E-state index in [1.807, 2.05) is 68.7 Å². The first-order valence-corrected chi connectivity index (χ1v) is 11.5. The average molecular weight is 474 g/mol. The molecule has 8 heteroatoms. The van der Waals surface area contributed by atoms with Gasteiger partial charge in [-0.25, -0.2) is 9.37 Å². The van der Waals surface area contributed by atoms with Gasteiger partial charge in [0.15, 0.2) is 11.6 Å². The molecule has 0 unspecified atom stereocenters. The Labute approximate surface area is 203 Å². The number of rotatable bonds is 8. The third-order valence-electron chi connectivity index (χ3n) is 6.47. The molecule has 1 saturated carbocycles. The maximum Gasteiger partial charge on any atom is 0.189 e. The molecule has 1 aliphatic carbocycles. The van der Waals surface area contributed by atoms with Crippen molar-refractivity contribution in [2.45, 2.75) is 24.7 Å². The Bertz CT molecular complexity index is 1320. The van der Waals surface area contributed by atoms with Crippen LogP contribution in [0.1, 0.15) is 12.8 Å². The number of methoxy groups -OCH3 is 1. The molecule has 0 radical (unpaired) electrons. The van der Waals surface area contributed by atoms with Crippen molar-refractivity contribution in [1.29, 1.82) is 0 Å². The van der Waals surface area contributed by atoms with Crippen LogP contribution in [0.25, 0.3) is 10.9 Å². The molecule has 2 aromatic heterocycles. The summed E-state index contributed by atoms with van der Waals surface area (Å²) < 4.78 is 26.9. The number of pyridine rings is 2. The van der Waals surface area contributed by atoms with Gasteiger partial charge < -0.3 is 20.1 Å². The van der Waals surface area contributed by atoms with Crippen LogP contribution < -0.4 is 15.4 Å². The highest BCUT2D eigenvalue weighted by molar-refractivity contribution is 5.82. The third kappa shape index (κ3) is 4.76. The zero-order valence-electron chi connectivity index (χ0n) is 20.0. The molecule has 4 aromatic rings. The average Bonchev–Trinajstić information content (AvgIpc) is 2.84. The van der Waals surface area contributed by atoms with Crippen LogP contribution >= 0.6 is 0 Å². The fourth-order valence-corrected chi connectivity index (χ4v) is 4.32. The number of fused-ring (bicyclic) bond motifs is 1. The van der Waals surface area contributed by atoms with Crippen molar-refractivity contribution in [1.82, 2.24) is 14.9 Å². The number of hydrogen-bond acceptors (Lipinski definition) is 7. The van der Waals surface area contributed by atoms with Crippen molar-refractivity contribution >= 4 is 33.8 Å². The predicted molar refractivity (Wildman–Crippen MR) is 136 cm³/mol. The molecule has 0 aliphatic heterocycles. The van der Waals surface area contributed by atoms with E-state index in [1.165, 1.54) is 0 Å². The summed E-state index contributed by atoms with van der Waals surface area (Å²) in [5.74, 6) is 0.416. The molecule has 2 N–H and O–H groups in total. The van der Waals surface area contributed by atoms with Gasteiger partial charge in [0, 0.05) is 37.2 Å². The van der Waals surface area contributed by atoms with Crippen molar-refractivity contribution in [2.75, 3.05) is 31.8 Å². The summed E-state index contributed by atoms with van der Waals surface area (Å²) in [5, 5.41) is 7.13. The van der Waals surface area contributed by atoms with Crippen LogP contribution in [0.3, 0.4) is 0 Å². The monoisotopic (exact) mass is 473 g/mol. The number of aromatic nitrogens is 2. The number of nitrogens with one attached hydrogen (secondary N) is 2. The lowest BCUT2D eigenvalue weighted by Gasteiger charge is -2.50. The summed E-state index contributed by atoms with van der Waals surface area (Å²) in [5.41, 5.74) is 2.35. The van der Waals surface area contributed by atoms with Crippen LogP contribution in [0.4, 0.5) is 27.3 Å². The second-order valence-corrected chi connectivity index (χ2v) is 8.91. The standard InChI is InChI=1S/C27H28FN5O2/c1-33(2)27(34-3)15-22(16-27)35-21-10-8-19(9-11-21)32-26-25(28)24(12-13-29-26)31-20-14-18-6-4-5-7-23(18)30-17-20/h4-14,17,22H,15-16H2,1-3H3,(H2,29,31,32). The molecule has 7 nitrogen and oxygen atoms in total. The first-order chi connectivity index (χ1) is 17.0. The number of halogens is 1. The number of ether oxygens (including phenoxy) is 2. The van der Waals surface area contributed by atoms with Crippen LogP contribution in [-0.4, -0.2) is 47.9 Å². The van der Waals surface area contributed by atoms with Crippen LogP contribution in [0.2, 0.25) is 0 Å². The van der Waals surface area contributed by atoms with Crippen LogP contribution in [0.5, 0.6) is 5.75 Å². The van der Waals surface area contributed by atoms with Gasteiger partial charge in [-0.3, -0.25) is 9.88 Å². The van der Waals surface area contributed by atoms with E-state index >= 15 is 4.39 Å². The summed E-state index contributed by atoms with van der Waals surface area (Å²) in [6, 6.07) is 18.7. The number of para-hydroxylation sites is 1. The summed E-state index contributed by atoms with van der Waals surface area (Å²) >= 11 is 0. The molecule has 0 saturated heterocycles. The summed E-state index contributed by atoms with van der Waals surface area (Å²) in [4.78, 5) is 10.7. The van der Waals surface area contributed by atoms with Gasteiger partial charge in [-0.1, -0.05) is 18.2 Å². The minimum absolute atomic E-state index is 0.0997. The highest BCUT2D eigenvalue weighted by Crippen LogP contribution is 2.39. The van der Waals surface area contributed by atoms with E-state index in [1.54, 1.807) is 25.6 Å². The Morgan fingerprint density at radius 3 is 2.49 bits per heavy atom. The molecule has 1 fully saturated rings. The summed E-state index contributed by atoms with van der Waals surface area (Å²) in [7, 11) is 5.75. The van der Waals surface area contributed by atoms with E-state index < -0.39 is 5.82 Å². The largest absolute Gasteiger partial charge is 0.490 e. The maximum atomic E-state index is 15.2. The molecule has 5 rings (SSSR count). The van der Waals surface area contributed by atoms with Gasteiger partial charge in [-0.15, -0.1) is 0 Å². The van der Waals surface area contributed by atoms with Gasteiger partial charge in [0.25, 0.3) is 0 Å². The van der Waals surface area contributed by atoms with Crippen molar-refractivity contribution < 1.29 is 13.9 Å². The zero-order valence-corrected chi connectivity index (χ0v) is 20.0. The Morgan fingerprint density at radius 2 is 1.74 bits per heavy atom. The minimum atomic E-state index is -0.477. The highest BCUT2D eigenvalue weighted by atomic mass is 19.1. The molecular weight excluding hydrogens is 445 g/mol. The van der Waals surface area contributed by atoms with Crippen molar-refractivity contribution in [3.8, 4) is 5.75 Å². The van der Waals surface area contributed by atoms with Crippen molar-refractivity contribution in [3.63, 3.8) is 0 Å². The lowest BCUT2D eigenvalue weighted by molar-refractivity contribution is -0.204. The maximum absolute atomic E-state index is 15.2. The molecule has 180 valence electrons. The molecule has 2 heterocycles. The SMILES string of the molecule is COC1(N(C)C)CC(Oc2ccc(Nc3nccc(Nc4cnc5ccccc5c4)c3F)cc2)C1. The van der Waals surface area contributed by atoms with Crippen LogP contribution in [0, 0.1) is 5.82 Å². The van der Waals surface area contributed by atoms with Crippen molar-refractivity contribution in [3.05, 3.63) is 78.9 Å². The molecular formula is C27H28FN5O2. The fraction of sp³-hybridized carbons (Fsp3) is 0.259. The van der Waals surface area contributed by atoms with Crippen LogP contribution in [-0.2, 0) is 4.74 Å². The van der Waals surface area contributed by atoms with E-state index in [4.69, 9.17) is 9.47 Å². The Morgan fingerprint density at radius 1 is 0.971 bits per heavy atom. The number of hydrogen-bond donors (Lipinski definition) is 2. The molecule has 1 aliphatic rings. The van der Waals surface area contributed by atoms with Gasteiger partial charge in [0.1, 0.15) is 17.6 Å². The minimum Gasteiger partial charge on any atom is -0.490 e. The molecule has 2 aromatic carbocycles. The molecule has 35 heavy (non-hydrogen) atoms. The van der Waals surface area contributed by atoms with E-state index in [2.05, 4.69) is 25.5 Å². The first-order valence-electron chi connectivity index (χ1n) is 11.5. The van der Waals surface area contributed by atoms with Gasteiger partial charge >= 0.3 is 0 Å². The first kappa shape index (κ1) is 23.0. The van der Waals surface area contributed by atoms with Gasteiger partial charge in [0.05, 0.1) is 23.1 Å². The topological polar surface area (TPSA) is 71.5 Å². The Kier molecular flexibility index (Phi) is 6.23. The fourth-order valence-electron chi connectivity index (χ4n) is 4.32. The summed E-state index contributed by atoms with van der Waals surface area (Å²) in [6.07, 6.45) is 4.95. The van der Waals surface area contributed by atoms with E-state index in [-0.39, 0.29) is 17.6 Å². The van der Waals surface area contributed by atoms with E-state index in [9.17, 15) is 0 Å². The lowest BCUT2D eigenvalue weighted by atomic mass is 9.83.